The van der Waals surface area contributed by atoms with E-state index in [0.29, 0.717) is 0 Å². The van der Waals surface area contributed by atoms with Crippen molar-refractivity contribution in [3.05, 3.63) is 416 Å². The van der Waals surface area contributed by atoms with Crippen molar-refractivity contribution in [2.75, 3.05) is 9.80 Å². The van der Waals surface area contributed by atoms with E-state index < -0.39 is 0 Å². The lowest BCUT2D eigenvalue weighted by molar-refractivity contribution is 0.669. The number of hydrogen-bond acceptors (Lipinski definition) is 3. The number of rotatable bonds is 12. The van der Waals surface area contributed by atoms with E-state index in [1.54, 1.807) is 0 Å². The summed E-state index contributed by atoms with van der Waals surface area (Å²) >= 11 is 0. The molecule has 5 nitrogen and oxygen atoms in total. The fourth-order valence-electron chi connectivity index (χ4n) is 19.0. The molecule has 5 aromatic heterocycles. The number of anilines is 5. The van der Waals surface area contributed by atoms with Crippen LogP contribution in [0.1, 0.15) is 36.8 Å². The second kappa shape index (κ2) is 26.6. The second-order valence-electron chi connectivity index (χ2n) is 30.9. The Morgan fingerprint density at radius 3 is 1.21 bits per heavy atom. The summed E-state index contributed by atoms with van der Waals surface area (Å²) in [4.78, 5) is 4.81. The summed E-state index contributed by atoms with van der Waals surface area (Å²) in [5.41, 5.74) is 37.0. The first-order valence-corrected chi connectivity index (χ1v) is 39.9. The molecule has 0 fully saturated rings. The molecule has 0 bridgehead atoms. The van der Waals surface area contributed by atoms with Crippen LogP contribution in [-0.4, -0.2) is 8.80 Å². The Hall–Kier alpha value is -14.5. The van der Waals surface area contributed by atoms with Gasteiger partial charge < -0.3 is 23.0 Å². The van der Waals surface area contributed by atoms with Crippen molar-refractivity contribution in [3.63, 3.8) is 0 Å². The molecule has 0 N–H and O–H groups in total. The monoisotopic (exact) mass is 1450 g/mol. The average molecular weight is 1460 g/mol. The molecule has 0 saturated heterocycles. The molecule has 24 rings (SSSR count). The maximum absolute atomic E-state index is 6.23. The van der Waals surface area contributed by atoms with Gasteiger partial charge in [0.25, 0.3) is 0 Å². The van der Waals surface area contributed by atoms with Crippen molar-refractivity contribution >= 4 is 127 Å². The number of hydrogen-bond donors (Lipinski definition) is 0. The van der Waals surface area contributed by atoms with Gasteiger partial charge >= 0.3 is 0 Å². The van der Waals surface area contributed by atoms with Crippen molar-refractivity contribution in [1.82, 2.24) is 8.80 Å². The Labute approximate surface area is 660 Å². The van der Waals surface area contributed by atoms with Gasteiger partial charge in [0, 0.05) is 88.0 Å². The van der Waals surface area contributed by atoms with E-state index in [0.717, 1.165) is 82.2 Å². The number of furan rings is 1. The first-order valence-electron chi connectivity index (χ1n) is 39.9. The fraction of sp³-hybridized carbons (Fsp3) is 0.0459. The minimum Gasteiger partial charge on any atom is -0.456 e. The standard InChI is InChI=1S/C55H40N2.C54H34N2O/c1-2-9-36(10-3-1)37-19-26-44(27-20-37)56(45-28-21-38(22-29-45)40-17-18-43-33-42-11-4-5-12-47(42)51(43)34-40)46-30-23-39(24-31-46)41-25-32-54-52(35-41)50-15-8-14-49-48-13-6-7-16-53(48)57(54)55(49)50;1-2-9-35(10-3-1)36-17-25-41(26-18-36)55(43-29-21-38(22-30-43)40-23-31-46-45-12-5-7-16-52(45)57-53(46)34-40)42-27-19-37(20-28-42)39-24-32-51-49(33-39)48-14-8-13-47-44-11-4-6-15-50(44)56(51)54(47)48/h1-2,4-9,11-19,21-26,28-32,34-35H,3,10,20,27,33H2;1-34H. The summed E-state index contributed by atoms with van der Waals surface area (Å²) in [7, 11) is 0. The van der Waals surface area contributed by atoms with Crippen molar-refractivity contribution < 1.29 is 4.42 Å². The van der Waals surface area contributed by atoms with Crippen LogP contribution in [0.15, 0.2) is 410 Å². The van der Waals surface area contributed by atoms with Crippen molar-refractivity contribution in [2.45, 2.75) is 32.1 Å². The molecule has 0 spiro atoms. The van der Waals surface area contributed by atoms with Crippen LogP contribution in [0, 0.1) is 0 Å². The van der Waals surface area contributed by atoms with E-state index in [2.05, 4.69) is 395 Å². The van der Waals surface area contributed by atoms with Crippen LogP contribution in [0.25, 0.3) is 165 Å². The molecular weight excluding hydrogens is 1380 g/mol. The first kappa shape index (κ1) is 65.4. The molecule has 21 aromatic rings. The van der Waals surface area contributed by atoms with Gasteiger partial charge in [-0.3, -0.25) is 0 Å². The Kier molecular flexibility index (Phi) is 15.3. The minimum atomic E-state index is 0.904. The summed E-state index contributed by atoms with van der Waals surface area (Å²) in [6.45, 7) is 0. The molecule has 3 aliphatic carbocycles. The predicted octanol–water partition coefficient (Wildman–Crippen LogP) is 30.0. The van der Waals surface area contributed by atoms with Gasteiger partial charge in [0.1, 0.15) is 11.2 Å². The molecule has 0 unspecified atom stereocenters. The third kappa shape index (κ3) is 10.8. The van der Waals surface area contributed by atoms with E-state index in [-0.39, 0.29) is 0 Å². The predicted molar refractivity (Wildman–Crippen MR) is 480 cm³/mol. The molecule has 0 aliphatic heterocycles. The van der Waals surface area contributed by atoms with Gasteiger partial charge in [-0.2, -0.15) is 0 Å². The van der Waals surface area contributed by atoms with Crippen molar-refractivity contribution in [3.8, 4) is 66.8 Å². The largest absolute Gasteiger partial charge is 0.456 e. The third-order valence-corrected chi connectivity index (χ3v) is 24.5. The Balaban J connectivity index is 0.000000135. The lowest BCUT2D eigenvalue weighted by Crippen LogP contribution is -2.18. The summed E-state index contributed by atoms with van der Waals surface area (Å²) in [6.07, 6.45) is 16.8. The quantitative estimate of drug-likeness (QED) is 0.122. The van der Waals surface area contributed by atoms with Gasteiger partial charge in [-0.05, 0) is 249 Å². The number of para-hydroxylation sites is 5. The SMILES string of the molecule is C1=CCCC(C2=CC=C(N(c3ccc(-c4ccc5c(c4)-c4ccccc4C5)cc3)c3ccc(-c4ccc5c(c4)c4cccc6c7ccccc7n5c64)cc3)CC2)=C1.c1ccc(-c2ccc(N(c3ccc(-c4ccc5c(c4)oc4ccccc45)cc3)c3ccc(-c4ccc5c(c4)c4cccc6c7ccccc7n5c64)cc3)cc2)cc1. The van der Waals surface area contributed by atoms with E-state index in [1.165, 1.54) is 171 Å². The molecule has 536 valence electrons. The zero-order valence-corrected chi connectivity index (χ0v) is 62.7. The normalized spacial score (nSPS) is 13.4. The van der Waals surface area contributed by atoms with E-state index in [1.807, 2.05) is 12.1 Å². The third-order valence-electron chi connectivity index (χ3n) is 24.5. The van der Waals surface area contributed by atoms with Gasteiger partial charge in [-0.25, -0.2) is 0 Å². The lowest BCUT2D eigenvalue weighted by Gasteiger charge is -2.30. The Bertz CT molecular complexity index is 7510. The number of aromatic nitrogens is 2. The molecule has 16 aromatic carbocycles. The molecule has 114 heavy (non-hydrogen) atoms. The van der Waals surface area contributed by atoms with Crippen LogP contribution >= 0.6 is 0 Å². The van der Waals surface area contributed by atoms with Crippen molar-refractivity contribution in [2.24, 2.45) is 0 Å². The van der Waals surface area contributed by atoms with Crippen LogP contribution < -0.4 is 9.80 Å². The number of benzene rings is 16. The lowest BCUT2D eigenvalue weighted by atomic mass is 9.90. The van der Waals surface area contributed by atoms with E-state index in [4.69, 9.17) is 4.42 Å². The van der Waals surface area contributed by atoms with Crippen LogP contribution in [0.4, 0.5) is 28.4 Å². The highest BCUT2D eigenvalue weighted by Gasteiger charge is 2.25. The van der Waals surface area contributed by atoms with Gasteiger partial charge in [0.2, 0.25) is 0 Å². The van der Waals surface area contributed by atoms with E-state index >= 15 is 0 Å². The zero-order valence-electron chi connectivity index (χ0n) is 62.7. The maximum atomic E-state index is 6.23. The van der Waals surface area contributed by atoms with Gasteiger partial charge in [0.05, 0.1) is 33.1 Å². The Morgan fingerprint density at radius 2 is 0.658 bits per heavy atom. The van der Waals surface area contributed by atoms with Gasteiger partial charge in [-0.1, -0.05) is 261 Å². The van der Waals surface area contributed by atoms with Gasteiger partial charge in [0.15, 0.2) is 0 Å². The molecule has 0 radical (unpaired) electrons. The Morgan fingerprint density at radius 1 is 0.246 bits per heavy atom. The molecule has 0 saturated carbocycles. The number of nitrogens with zero attached hydrogens (tertiary/aromatic N) is 4. The van der Waals surface area contributed by atoms with Crippen LogP contribution in [-0.2, 0) is 6.42 Å². The van der Waals surface area contributed by atoms with Crippen LogP contribution in [0.5, 0.6) is 0 Å². The smallest absolute Gasteiger partial charge is 0.136 e. The minimum absolute atomic E-state index is 0.904. The number of fused-ring (bicyclic) bond motifs is 18. The fourth-order valence-corrected chi connectivity index (χ4v) is 19.0. The highest BCUT2D eigenvalue weighted by molar-refractivity contribution is 6.25. The van der Waals surface area contributed by atoms with Crippen LogP contribution in [0.2, 0.25) is 0 Å². The van der Waals surface area contributed by atoms with E-state index in [9.17, 15) is 0 Å². The van der Waals surface area contributed by atoms with Crippen molar-refractivity contribution in [1.29, 1.82) is 0 Å². The summed E-state index contributed by atoms with van der Waals surface area (Å²) in [5, 5.41) is 12.7. The highest BCUT2D eigenvalue weighted by atomic mass is 16.3. The highest BCUT2D eigenvalue weighted by Crippen LogP contribution is 2.47. The topological polar surface area (TPSA) is 28.4 Å². The maximum Gasteiger partial charge on any atom is 0.136 e. The molecule has 0 atom stereocenters. The average Bonchev–Trinajstić information content (AvgIpc) is 1.55. The summed E-state index contributed by atoms with van der Waals surface area (Å²) in [6, 6.07) is 131. The first-order chi connectivity index (χ1) is 56.5. The van der Waals surface area contributed by atoms with Crippen LogP contribution in [0.3, 0.4) is 0 Å². The summed E-state index contributed by atoms with van der Waals surface area (Å²) < 4.78 is 11.1. The van der Waals surface area contributed by atoms with Gasteiger partial charge in [-0.15, -0.1) is 0 Å². The molecule has 5 heteroatoms. The molecule has 5 heterocycles. The second-order valence-corrected chi connectivity index (χ2v) is 30.9. The summed E-state index contributed by atoms with van der Waals surface area (Å²) in [5.74, 6) is 0. The molecule has 3 aliphatic rings. The zero-order chi connectivity index (χ0) is 74.9. The molecular formula is C109H74N4O. The number of allylic oxidation sites excluding steroid dienone is 8. The molecule has 0 amide bonds.